The molecular formula is C19H18F2N2O4. The molecule has 0 radical (unpaired) electrons. The maximum atomic E-state index is 13.9. The number of anilines is 2. The zero-order chi connectivity index (χ0) is 20.0. The summed E-state index contributed by atoms with van der Waals surface area (Å²) >= 11 is 0. The van der Waals surface area contributed by atoms with Crippen molar-refractivity contribution in [3.05, 3.63) is 53.6 Å². The Kier molecular flexibility index (Phi) is 6.48. The summed E-state index contributed by atoms with van der Waals surface area (Å²) < 4.78 is 37.8. The molecule has 0 bridgehead atoms. The van der Waals surface area contributed by atoms with Crippen molar-refractivity contribution in [2.45, 2.75) is 6.92 Å². The van der Waals surface area contributed by atoms with E-state index >= 15 is 0 Å². The Balaban J connectivity index is 2.18. The summed E-state index contributed by atoms with van der Waals surface area (Å²) in [6.45, 7) is 1.19. The van der Waals surface area contributed by atoms with Crippen LogP contribution < -0.4 is 20.1 Å². The second kappa shape index (κ2) is 8.79. The highest BCUT2D eigenvalue weighted by molar-refractivity contribution is 6.02. The Labute approximate surface area is 154 Å². The molecule has 0 saturated heterocycles. The van der Waals surface area contributed by atoms with Crippen LogP contribution in [0.3, 0.4) is 0 Å². The van der Waals surface area contributed by atoms with E-state index in [0.717, 1.165) is 6.07 Å². The molecule has 0 aliphatic carbocycles. The summed E-state index contributed by atoms with van der Waals surface area (Å²) in [5.74, 6) is -2.00. The van der Waals surface area contributed by atoms with E-state index in [2.05, 4.69) is 10.6 Å². The van der Waals surface area contributed by atoms with Crippen LogP contribution in [0.15, 0.2) is 36.4 Å². The number of nitrogens with one attached hydrogen (secondary N) is 2. The minimum atomic E-state index is -0.966. The van der Waals surface area contributed by atoms with Crippen LogP contribution in [-0.4, -0.2) is 26.0 Å². The van der Waals surface area contributed by atoms with E-state index in [1.165, 1.54) is 33.3 Å². The van der Waals surface area contributed by atoms with E-state index in [0.29, 0.717) is 23.1 Å². The highest BCUT2D eigenvalue weighted by Gasteiger charge is 2.12. The summed E-state index contributed by atoms with van der Waals surface area (Å²) in [5, 5.41) is 4.52. The average Bonchev–Trinajstić information content (AvgIpc) is 2.63. The summed E-state index contributed by atoms with van der Waals surface area (Å²) in [7, 11) is 3.00. The Bertz CT molecular complexity index is 875. The zero-order valence-electron chi connectivity index (χ0n) is 14.9. The molecule has 0 atom stereocenters. The highest BCUT2D eigenvalue weighted by Crippen LogP contribution is 2.25. The fourth-order valence-electron chi connectivity index (χ4n) is 2.20. The minimum absolute atomic E-state index is 0.235. The molecule has 2 aromatic rings. The Hall–Kier alpha value is -3.42. The molecule has 0 spiro atoms. The summed E-state index contributed by atoms with van der Waals surface area (Å²) in [6, 6.07) is 6.62. The van der Waals surface area contributed by atoms with Crippen LogP contribution in [0.25, 0.3) is 6.08 Å². The van der Waals surface area contributed by atoms with Gasteiger partial charge in [0.15, 0.2) is 0 Å². The van der Waals surface area contributed by atoms with Crippen molar-refractivity contribution < 1.29 is 27.8 Å². The lowest BCUT2D eigenvalue weighted by Gasteiger charge is -2.09. The number of benzene rings is 2. The van der Waals surface area contributed by atoms with Gasteiger partial charge < -0.3 is 20.1 Å². The van der Waals surface area contributed by atoms with Crippen LogP contribution in [0.2, 0.25) is 0 Å². The molecule has 0 heterocycles. The first kappa shape index (κ1) is 19.9. The number of ether oxygens (including phenoxy) is 2. The van der Waals surface area contributed by atoms with E-state index in [-0.39, 0.29) is 11.4 Å². The lowest BCUT2D eigenvalue weighted by molar-refractivity contribution is -0.114. The van der Waals surface area contributed by atoms with Gasteiger partial charge in [-0.15, -0.1) is 0 Å². The van der Waals surface area contributed by atoms with Crippen molar-refractivity contribution in [2.24, 2.45) is 0 Å². The number of rotatable bonds is 6. The molecule has 0 aliphatic heterocycles. The summed E-state index contributed by atoms with van der Waals surface area (Å²) in [5.41, 5.74) is 0.124. The number of carbonyl (C=O) groups is 2. The van der Waals surface area contributed by atoms with Gasteiger partial charge in [0.25, 0.3) is 0 Å². The molecule has 2 rings (SSSR count). The lowest BCUT2D eigenvalue weighted by atomic mass is 10.2. The number of amides is 2. The molecule has 6 nitrogen and oxygen atoms in total. The number of halogens is 2. The van der Waals surface area contributed by atoms with Crippen LogP contribution in [0.4, 0.5) is 20.2 Å². The summed E-state index contributed by atoms with van der Waals surface area (Å²) in [4.78, 5) is 23.1. The van der Waals surface area contributed by atoms with Gasteiger partial charge in [-0.25, -0.2) is 8.78 Å². The first-order valence-corrected chi connectivity index (χ1v) is 7.81. The van der Waals surface area contributed by atoms with Gasteiger partial charge in [0.1, 0.15) is 23.1 Å². The van der Waals surface area contributed by atoms with Gasteiger partial charge in [-0.05, 0) is 29.8 Å². The van der Waals surface area contributed by atoms with Crippen LogP contribution >= 0.6 is 0 Å². The molecule has 8 heteroatoms. The predicted molar refractivity (Wildman–Crippen MR) is 97.9 cm³/mol. The molecule has 0 aliphatic rings. The van der Waals surface area contributed by atoms with Crippen molar-refractivity contribution in [3.8, 4) is 11.5 Å². The average molecular weight is 376 g/mol. The van der Waals surface area contributed by atoms with Crippen molar-refractivity contribution in [2.75, 3.05) is 24.9 Å². The highest BCUT2D eigenvalue weighted by atomic mass is 19.1. The molecule has 142 valence electrons. The summed E-state index contributed by atoms with van der Waals surface area (Å²) in [6.07, 6.45) is 2.66. The number of methoxy groups -OCH3 is 2. The van der Waals surface area contributed by atoms with E-state index in [4.69, 9.17) is 9.47 Å². The minimum Gasteiger partial charge on any atom is -0.497 e. The molecule has 0 fully saturated rings. The van der Waals surface area contributed by atoms with Crippen molar-refractivity contribution in [1.82, 2.24) is 0 Å². The Morgan fingerprint density at radius 1 is 0.889 bits per heavy atom. The molecule has 2 N–H and O–H groups in total. The first-order chi connectivity index (χ1) is 12.8. The third-order valence-corrected chi connectivity index (χ3v) is 3.43. The van der Waals surface area contributed by atoms with Gasteiger partial charge in [-0.2, -0.15) is 0 Å². The molecule has 0 unspecified atom stereocenters. The molecule has 2 aromatic carbocycles. The molecule has 0 aromatic heterocycles. The van der Waals surface area contributed by atoms with E-state index in [9.17, 15) is 18.4 Å². The zero-order valence-corrected chi connectivity index (χ0v) is 14.9. The number of carbonyl (C=O) groups excluding carboxylic acids is 2. The maximum Gasteiger partial charge on any atom is 0.248 e. The van der Waals surface area contributed by atoms with Crippen molar-refractivity contribution in [1.29, 1.82) is 0 Å². The second-order valence-electron chi connectivity index (χ2n) is 5.46. The van der Waals surface area contributed by atoms with E-state index < -0.39 is 23.4 Å². The maximum absolute atomic E-state index is 13.9. The number of hydrogen-bond acceptors (Lipinski definition) is 4. The van der Waals surface area contributed by atoms with Crippen molar-refractivity contribution in [3.63, 3.8) is 0 Å². The normalized spacial score (nSPS) is 10.6. The standard InChI is InChI=1S/C19H18F2N2O4/c1-11(24)22-17-10-18(16(21)9-15(17)20)23-19(25)5-4-12-6-13(26-2)8-14(7-12)27-3/h4-10H,1-3H3,(H,22,24)(H,23,25)/b5-4+. The van der Waals surface area contributed by atoms with Gasteiger partial charge in [0.05, 0.1) is 25.6 Å². The van der Waals surface area contributed by atoms with Crippen LogP contribution in [0, 0.1) is 11.6 Å². The molecular weight excluding hydrogens is 358 g/mol. The van der Waals surface area contributed by atoms with Crippen molar-refractivity contribution >= 4 is 29.3 Å². The second-order valence-corrected chi connectivity index (χ2v) is 5.46. The van der Waals surface area contributed by atoms with Gasteiger partial charge >= 0.3 is 0 Å². The van der Waals surface area contributed by atoms with E-state index in [1.54, 1.807) is 18.2 Å². The van der Waals surface area contributed by atoms with Crippen LogP contribution in [-0.2, 0) is 9.59 Å². The van der Waals surface area contributed by atoms with Gasteiger partial charge in [0, 0.05) is 25.1 Å². The topological polar surface area (TPSA) is 76.7 Å². The SMILES string of the molecule is COc1cc(/C=C/C(=O)Nc2cc(NC(C)=O)c(F)cc2F)cc(OC)c1. The van der Waals surface area contributed by atoms with Gasteiger partial charge in [-0.1, -0.05) is 0 Å². The Morgan fingerprint density at radius 2 is 1.44 bits per heavy atom. The molecule has 2 amide bonds. The lowest BCUT2D eigenvalue weighted by Crippen LogP contribution is -2.12. The first-order valence-electron chi connectivity index (χ1n) is 7.81. The fourth-order valence-corrected chi connectivity index (χ4v) is 2.20. The fraction of sp³-hybridized carbons (Fsp3) is 0.158. The van der Waals surface area contributed by atoms with E-state index in [1.807, 2.05) is 0 Å². The van der Waals surface area contributed by atoms with Crippen LogP contribution in [0.5, 0.6) is 11.5 Å². The third-order valence-electron chi connectivity index (χ3n) is 3.43. The molecule has 27 heavy (non-hydrogen) atoms. The monoisotopic (exact) mass is 376 g/mol. The molecule has 0 saturated carbocycles. The Morgan fingerprint density at radius 3 is 1.96 bits per heavy atom. The number of hydrogen-bond donors (Lipinski definition) is 2. The van der Waals surface area contributed by atoms with Crippen LogP contribution in [0.1, 0.15) is 12.5 Å². The third kappa shape index (κ3) is 5.53. The predicted octanol–water partition coefficient (Wildman–Crippen LogP) is 3.59. The van der Waals surface area contributed by atoms with Gasteiger partial charge in [0.2, 0.25) is 11.8 Å². The quantitative estimate of drug-likeness (QED) is 0.756. The van der Waals surface area contributed by atoms with Gasteiger partial charge in [-0.3, -0.25) is 9.59 Å². The largest absolute Gasteiger partial charge is 0.497 e. The smallest absolute Gasteiger partial charge is 0.248 e.